The Morgan fingerprint density at radius 3 is 2.36 bits per heavy atom. The molecule has 0 saturated carbocycles. The fourth-order valence-electron chi connectivity index (χ4n) is 2.41. The maximum atomic E-state index is 12.5. The van der Waals surface area contributed by atoms with Crippen molar-refractivity contribution < 1.29 is 34.8 Å². The van der Waals surface area contributed by atoms with Crippen LogP contribution in [-0.2, 0) is 14.3 Å². The summed E-state index contributed by atoms with van der Waals surface area (Å²) in [6.07, 6.45) is -6.08. The van der Waals surface area contributed by atoms with Gasteiger partial charge in [0.15, 0.2) is 6.29 Å². The quantitative estimate of drug-likeness (QED) is 0.207. The fraction of sp³-hybridized carbons (Fsp3) is 0.846. The molecule has 1 aliphatic rings. The highest BCUT2D eigenvalue weighted by Crippen LogP contribution is 2.29. The summed E-state index contributed by atoms with van der Waals surface area (Å²) in [5.41, 5.74) is 0. The molecule has 144 valence electrons. The number of carbonyl (C=O) groups is 2. The molecule has 1 fully saturated rings. The van der Waals surface area contributed by atoms with E-state index in [4.69, 9.17) is 9.84 Å². The highest BCUT2D eigenvalue weighted by atomic mass is 32.2. The molecule has 0 unspecified atom stereocenters. The molecule has 11 nitrogen and oxygen atoms in total. The molecule has 2 amide bonds. The number of hydrogen-bond acceptors (Lipinski definition) is 10. The van der Waals surface area contributed by atoms with E-state index in [2.05, 4.69) is 15.2 Å². The molecule has 1 saturated heterocycles. The molecule has 25 heavy (non-hydrogen) atoms. The van der Waals surface area contributed by atoms with Gasteiger partial charge in [0, 0.05) is 23.5 Å². The molecule has 0 aromatic rings. The lowest BCUT2D eigenvalue weighted by molar-refractivity contribution is -0.254. The number of aliphatic hydroxyl groups is 4. The summed E-state index contributed by atoms with van der Waals surface area (Å²) in [5, 5.41) is 43.5. The minimum absolute atomic E-state index is 0.535. The number of nitrogens with zero attached hydrogens (tertiary/aromatic N) is 1. The molecule has 0 bridgehead atoms. The van der Waals surface area contributed by atoms with Crippen LogP contribution in [0.15, 0.2) is 4.58 Å². The summed E-state index contributed by atoms with van der Waals surface area (Å²) in [6.45, 7) is 3.54. The van der Waals surface area contributed by atoms with Gasteiger partial charge in [-0.1, -0.05) is 0 Å². The molecule has 6 N–H and O–H groups in total. The molecule has 0 spiro atoms. The van der Waals surface area contributed by atoms with Crippen LogP contribution in [-0.4, -0.2) is 80.3 Å². The maximum absolute atomic E-state index is 12.5. The van der Waals surface area contributed by atoms with Gasteiger partial charge in [0.05, 0.1) is 11.4 Å². The van der Waals surface area contributed by atoms with E-state index in [9.17, 15) is 29.8 Å². The Hall–Kier alpha value is -1.31. The Kier molecular flexibility index (Phi) is 7.71. The standard InChI is InChI=1S/C13H23N3O8S/c1-5(18)14-10(13(2,3)25-16-23)11(21)15-7-9(20)8(19)6(4-17)24-12(7)22/h6-10,12,17,19-20,22H,4H2,1-3H3,(H,14,18)(H,15,21)/t6-,7+,8-,9-,10-,12-/m1/s1. The summed E-state index contributed by atoms with van der Waals surface area (Å²) >= 11 is 0.535. The molecule has 0 radical (unpaired) electrons. The molecule has 0 aliphatic carbocycles. The number of nitrogens with one attached hydrogen (secondary N) is 2. The number of aliphatic hydroxyl groups excluding tert-OH is 4. The number of rotatable bonds is 7. The molecular formula is C13H23N3O8S. The third-order valence-corrected chi connectivity index (χ3v) is 4.57. The molecule has 12 heteroatoms. The number of hydrogen-bond donors (Lipinski definition) is 6. The summed E-state index contributed by atoms with van der Waals surface area (Å²) in [6, 6.07) is -2.63. The average Bonchev–Trinajstić information content (AvgIpc) is 2.52. The van der Waals surface area contributed by atoms with Crippen LogP contribution in [0.5, 0.6) is 0 Å². The second-order valence-electron chi connectivity index (χ2n) is 6.17. The van der Waals surface area contributed by atoms with Gasteiger partial charge in [-0.2, -0.15) is 0 Å². The van der Waals surface area contributed by atoms with Gasteiger partial charge in [-0.05, 0) is 13.8 Å². The monoisotopic (exact) mass is 381 g/mol. The number of ether oxygens (including phenoxy) is 1. The van der Waals surface area contributed by atoms with Gasteiger partial charge in [-0.25, -0.2) is 0 Å². The van der Waals surface area contributed by atoms with Crippen molar-refractivity contribution in [2.45, 2.75) is 62.2 Å². The van der Waals surface area contributed by atoms with Crippen molar-refractivity contribution in [1.82, 2.24) is 10.6 Å². The molecule has 0 aromatic heterocycles. The van der Waals surface area contributed by atoms with Gasteiger partial charge >= 0.3 is 0 Å². The topological polar surface area (TPSA) is 178 Å². The number of nitroso groups, excluding NO2 is 1. The number of carbonyl (C=O) groups excluding carboxylic acids is 2. The maximum Gasteiger partial charge on any atom is 0.244 e. The summed E-state index contributed by atoms with van der Waals surface area (Å²) in [4.78, 5) is 34.4. The molecule has 6 atom stereocenters. The van der Waals surface area contributed by atoms with Crippen LogP contribution in [0.3, 0.4) is 0 Å². The van der Waals surface area contributed by atoms with E-state index >= 15 is 0 Å². The second-order valence-corrected chi connectivity index (χ2v) is 7.55. The van der Waals surface area contributed by atoms with Crippen LogP contribution in [0.25, 0.3) is 0 Å². The molecule has 1 aliphatic heterocycles. The zero-order valence-electron chi connectivity index (χ0n) is 13.9. The van der Waals surface area contributed by atoms with E-state index in [0.29, 0.717) is 11.9 Å². The van der Waals surface area contributed by atoms with Crippen LogP contribution < -0.4 is 10.6 Å². The van der Waals surface area contributed by atoms with Crippen molar-refractivity contribution in [3.05, 3.63) is 4.91 Å². The van der Waals surface area contributed by atoms with Crippen molar-refractivity contribution in [3.8, 4) is 0 Å². The van der Waals surface area contributed by atoms with Gasteiger partial charge in [0.25, 0.3) is 0 Å². The van der Waals surface area contributed by atoms with E-state index in [1.165, 1.54) is 20.8 Å². The summed E-state index contributed by atoms with van der Waals surface area (Å²) in [5.74, 6) is -1.36. The van der Waals surface area contributed by atoms with E-state index in [-0.39, 0.29) is 0 Å². The first-order valence-corrected chi connectivity index (χ1v) is 8.21. The Balaban J connectivity index is 2.95. The average molecular weight is 381 g/mol. The smallest absolute Gasteiger partial charge is 0.244 e. The first kappa shape index (κ1) is 21.7. The normalized spacial score (nSPS) is 31.1. The van der Waals surface area contributed by atoms with Crippen molar-refractivity contribution in [3.63, 3.8) is 0 Å². The van der Waals surface area contributed by atoms with Crippen molar-refractivity contribution >= 4 is 23.8 Å². The Morgan fingerprint density at radius 2 is 1.88 bits per heavy atom. The Morgan fingerprint density at radius 1 is 1.28 bits per heavy atom. The van der Waals surface area contributed by atoms with Gasteiger partial charge in [-0.15, -0.1) is 4.91 Å². The van der Waals surface area contributed by atoms with E-state index in [1.807, 2.05) is 0 Å². The van der Waals surface area contributed by atoms with Crippen LogP contribution in [0.4, 0.5) is 0 Å². The van der Waals surface area contributed by atoms with Gasteiger partial charge in [0.2, 0.25) is 11.8 Å². The van der Waals surface area contributed by atoms with Gasteiger partial charge in [-0.3, -0.25) is 9.59 Å². The van der Waals surface area contributed by atoms with Crippen molar-refractivity contribution in [2.24, 2.45) is 4.58 Å². The lowest BCUT2D eigenvalue weighted by atomic mass is 9.95. The predicted octanol–water partition coefficient (Wildman–Crippen LogP) is -2.40. The summed E-state index contributed by atoms with van der Waals surface area (Å²) < 4.78 is 6.49. The largest absolute Gasteiger partial charge is 0.394 e. The highest BCUT2D eigenvalue weighted by molar-refractivity contribution is 7.99. The zero-order valence-corrected chi connectivity index (χ0v) is 14.8. The van der Waals surface area contributed by atoms with E-state index in [1.54, 1.807) is 0 Å². The Bertz CT molecular complexity index is 506. The lowest BCUT2D eigenvalue weighted by Crippen LogP contribution is -2.67. The highest BCUT2D eigenvalue weighted by Gasteiger charge is 2.46. The van der Waals surface area contributed by atoms with Crippen molar-refractivity contribution in [1.29, 1.82) is 0 Å². The fourth-order valence-corrected chi connectivity index (χ4v) is 2.87. The Labute approximate surface area is 148 Å². The zero-order chi connectivity index (χ0) is 19.4. The van der Waals surface area contributed by atoms with E-state index < -0.39 is 59.9 Å². The molecular weight excluding hydrogens is 358 g/mol. The minimum atomic E-state index is -1.70. The molecule has 1 heterocycles. The first-order valence-electron chi connectivity index (χ1n) is 7.44. The molecule has 0 aromatic carbocycles. The van der Waals surface area contributed by atoms with Crippen LogP contribution >= 0.6 is 11.9 Å². The van der Waals surface area contributed by atoms with Crippen molar-refractivity contribution in [2.75, 3.05) is 6.61 Å². The number of amides is 2. The third kappa shape index (κ3) is 5.33. The first-order chi connectivity index (χ1) is 11.5. The minimum Gasteiger partial charge on any atom is -0.394 e. The van der Waals surface area contributed by atoms with E-state index in [0.717, 1.165) is 0 Å². The lowest BCUT2D eigenvalue weighted by Gasteiger charge is -2.41. The SMILES string of the molecule is CC(=O)N[C@H](C(=O)N[C@H]1[C@@H](O)[C@H](O)[C@@H](CO)O[C@H]1O)C(C)(C)SN=O. The van der Waals surface area contributed by atoms with Gasteiger partial charge < -0.3 is 35.8 Å². The van der Waals surface area contributed by atoms with Crippen LogP contribution in [0, 0.1) is 4.91 Å². The van der Waals surface area contributed by atoms with Crippen LogP contribution in [0.2, 0.25) is 0 Å². The van der Waals surface area contributed by atoms with Gasteiger partial charge in [0.1, 0.15) is 30.4 Å². The second kappa shape index (κ2) is 8.87. The predicted molar refractivity (Wildman–Crippen MR) is 87.0 cm³/mol. The third-order valence-electron chi connectivity index (χ3n) is 3.79. The summed E-state index contributed by atoms with van der Waals surface area (Å²) in [7, 11) is 0. The molecule has 1 rings (SSSR count). The van der Waals surface area contributed by atoms with Crippen LogP contribution in [0.1, 0.15) is 20.8 Å².